The van der Waals surface area contributed by atoms with Crippen molar-refractivity contribution in [2.75, 3.05) is 31.1 Å². The average Bonchev–Trinajstić information content (AvgIpc) is 3.17. The van der Waals surface area contributed by atoms with Gasteiger partial charge in [0, 0.05) is 31.6 Å². The monoisotopic (exact) mass is 391 g/mol. The minimum absolute atomic E-state index is 0.0899. The number of benzene rings is 2. The Hall–Kier alpha value is -3.19. The molecule has 4 aromatic rings. The molecule has 7 heteroatoms. The van der Waals surface area contributed by atoms with Crippen LogP contribution in [-0.2, 0) is 0 Å². The Morgan fingerprint density at radius 2 is 1.75 bits per heavy atom. The Bertz CT molecular complexity index is 1210. The van der Waals surface area contributed by atoms with E-state index in [4.69, 9.17) is 4.42 Å². The molecule has 5 rings (SSSR count). The van der Waals surface area contributed by atoms with Crippen LogP contribution in [0.5, 0.6) is 0 Å². The first-order valence-electron chi connectivity index (χ1n) is 9.12. The molecule has 1 saturated heterocycles. The summed E-state index contributed by atoms with van der Waals surface area (Å²) in [6, 6.07) is 16.9. The zero-order valence-electron chi connectivity index (χ0n) is 15.0. The molecule has 1 amide bonds. The van der Waals surface area contributed by atoms with Crippen LogP contribution in [0.3, 0.4) is 0 Å². The topological polar surface area (TPSA) is 66.7 Å². The number of anilines is 1. The third kappa shape index (κ3) is 2.93. The van der Waals surface area contributed by atoms with E-state index < -0.39 is 5.63 Å². The minimum atomic E-state index is -0.586. The predicted molar refractivity (Wildman–Crippen MR) is 110 cm³/mol. The number of hydrogen-bond donors (Lipinski definition) is 0. The molecule has 0 N–H and O–H groups in total. The summed E-state index contributed by atoms with van der Waals surface area (Å²) in [4.78, 5) is 33.7. The molecule has 3 heterocycles. The molecular weight excluding hydrogens is 374 g/mol. The van der Waals surface area contributed by atoms with E-state index in [1.807, 2.05) is 30.3 Å². The highest BCUT2D eigenvalue weighted by Crippen LogP contribution is 2.29. The number of carbonyl (C=O) groups is 1. The van der Waals surface area contributed by atoms with Gasteiger partial charge in [-0.2, -0.15) is 0 Å². The fourth-order valence-corrected chi connectivity index (χ4v) is 4.49. The minimum Gasteiger partial charge on any atom is -0.422 e. The molecule has 1 aliphatic heterocycles. The molecule has 28 heavy (non-hydrogen) atoms. The summed E-state index contributed by atoms with van der Waals surface area (Å²) in [7, 11) is 0. The maximum atomic E-state index is 12.9. The number of aromatic nitrogens is 1. The normalized spacial score (nSPS) is 14.7. The first-order valence-corrected chi connectivity index (χ1v) is 9.93. The lowest BCUT2D eigenvalue weighted by Crippen LogP contribution is -2.49. The Labute approximate surface area is 164 Å². The van der Waals surface area contributed by atoms with Crippen LogP contribution >= 0.6 is 11.3 Å². The van der Waals surface area contributed by atoms with Crippen LogP contribution in [0.25, 0.3) is 21.2 Å². The Morgan fingerprint density at radius 3 is 2.57 bits per heavy atom. The zero-order valence-corrected chi connectivity index (χ0v) is 15.8. The molecule has 6 nitrogen and oxygen atoms in total. The number of nitrogens with zero attached hydrogens (tertiary/aromatic N) is 3. The van der Waals surface area contributed by atoms with E-state index in [-0.39, 0.29) is 11.5 Å². The maximum absolute atomic E-state index is 12.9. The molecule has 0 atom stereocenters. The predicted octanol–water partition coefficient (Wildman–Crippen LogP) is 3.37. The van der Waals surface area contributed by atoms with Gasteiger partial charge < -0.3 is 14.2 Å². The lowest BCUT2D eigenvalue weighted by molar-refractivity contribution is 0.0742. The number of piperazine rings is 1. The number of amides is 1. The highest BCUT2D eigenvalue weighted by molar-refractivity contribution is 7.22. The molecule has 2 aromatic heterocycles. The van der Waals surface area contributed by atoms with Gasteiger partial charge in [-0.15, -0.1) is 0 Å². The fourth-order valence-electron chi connectivity index (χ4n) is 3.48. The van der Waals surface area contributed by atoms with Crippen molar-refractivity contribution >= 4 is 43.6 Å². The Morgan fingerprint density at radius 1 is 1.00 bits per heavy atom. The molecule has 0 unspecified atom stereocenters. The summed E-state index contributed by atoms with van der Waals surface area (Å²) in [5, 5.41) is 1.72. The zero-order chi connectivity index (χ0) is 19.1. The largest absolute Gasteiger partial charge is 0.422 e. The number of carbonyl (C=O) groups excluding carboxylic acids is 1. The average molecular weight is 391 g/mol. The van der Waals surface area contributed by atoms with E-state index in [9.17, 15) is 9.59 Å². The first kappa shape index (κ1) is 16.9. The lowest BCUT2D eigenvalue weighted by Gasteiger charge is -2.34. The van der Waals surface area contributed by atoms with Crippen LogP contribution in [0.15, 0.2) is 63.8 Å². The van der Waals surface area contributed by atoms with Gasteiger partial charge in [0.2, 0.25) is 0 Å². The van der Waals surface area contributed by atoms with Gasteiger partial charge in [-0.25, -0.2) is 9.78 Å². The summed E-state index contributed by atoms with van der Waals surface area (Å²) < 4.78 is 6.46. The second-order valence-electron chi connectivity index (χ2n) is 6.73. The molecule has 0 spiro atoms. The van der Waals surface area contributed by atoms with Crippen molar-refractivity contribution in [3.8, 4) is 0 Å². The summed E-state index contributed by atoms with van der Waals surface area (Å²) in [5.41, 5.74) is 0.990. The van der Waals surface area contributed by atoms with Crippen LogP contribution in [0.2, 0.25) is 0 Å². The molecule has 0 aliphatic carbocycles. The number of hydrogen-bond acceptors (Lipinski definition) is 6. The van der Waals surface area contributed by atoms with Gasteiger partial charge >= 0.3 is 5.63 Å². The van der Waals surface area contributed by atoms with Gasteiger partial charge in [0.15, 0.2) is 5.13 Å². The van der Waals surface area contributed by atoms with Gasteiger partial charge in [-0.3, -0.25) is 4.79 Å². The van der Waals surface area contributed by atoms with E-state index in [1.165, 1.54) is 0 Å². The van der Waals surface area contributed by atoms with E-state index in [1.54, 1.807) is 34.4 Å². The number of rotatable bonds is 2. The van der Waals surface area contributed by atoms with Crippen LogP contribution in [0.4, 0.5) is 5.13 Å². The quantitative estimate of drug-likeness (QED) is 0.490. The van der Waals surface area contributed by atoms with E-state index in [0.29, 0.717) is 31.8 Å². The van der Waals surface area contributed by atoms with Gasteiger partial charge in [0.05, 0.1) is 10.2 Å². The van der Waals surface area contributed by atoms with Crippen molar-refractivity contribution in [3.63, 3.8) is 0 Å². The van der Waals surface area contributed by atoms with Crippen LogP contribution < -0.4 is 10.5 Å². The Balaban J connectivity index is 1.34. The van der Waals surface area contributed by atoms with E-state index >= 15 is 0 Å². The van der Waals surface area contributed by atoms with Crippen LogP contribution in [0.1, 0.15) is 10.4 Å². The van der Waals surface area contributed by atoms with E-state index in [0.717, 1.165) is 20.7 Å². The highest BCUT2D eigenvalue weighted by Gasteiger charge is 2.26. The van der Waals surface area contributed by atoms with Crippen LogP contribution in [-0.4, -0.2) is 42.0 Å². The summed E-state index contributed by atoms with van der Waals surface area (Å²) in [6.45, 7) is 2.46. The summed E-state index contributed by atoms with van der Waals surface area (Å²) >= 11 is 1.66. The molecule has 1 fully saturated rings. The van der Waals surface area contributed by atoms with Gasteiger partial charge in [-0.05, 0) is 24.3 Å². The molecular formula is C21H17N3O3S. The summed E-state index contributed by atoms with van der Waals surface area (Å²) in [6.07, 6.45) is 0. The smallest absolute Gasteiger partial charge is 0.349 e. The van der Waals surface area contributed by atoms with Gasteiger partial charge in [-0.1, -0.05) is 41.7 Å². The Kier molecular flexibility index (Phi) is 4.09. The van der Waals surface area contributed by atoms with Crippen molar-refractivity contribution in [1.82, 2.24) is 9.88 Å². The molecule has 0 bridgehead atoms. The van der Waals surface area contributed by atoms with Crippen molar-refractivity contribution < 1.29 is 9.21 Å². The molecule has 1 aliphatic rings. The third-order valence-electron chi connectivity index (χ3n) is 4.99. The third-order valence-corrected chi connectivity index (χ3v) is 6.09. The number of fused-ring (bicyclic) bond motifs is 2. The van der Waals surface area contributed by atoms with Crippen molar-refractivity contribution in [2.45, 2.75) is 0 Å². The van der Waals surface area contributed by atoms with Crippen LogP contribution in [0, 0.1) is 0 Å². The van der Waals surface area contributed by atoms with Gasteiger partial charge in [0.25, 0.3) is 5.91 Å². The summed E-state index contributed by atoms with van der Waals surface area (Å²) in [5.74, 6) is -0.275. The second kappa shape index (κ2) is 6.76. The van der Waals surface area contributed by atoms with Gasteiger partial charge in [0.1, 0.15) is 11.1 Å². The van der Waals surface area contributed by atoms with Crippen molar-refractivity contribution in [1.29, 1.82) is 0 Å². The molecule has 2 aromatic carbocycles. The standard InChI is InChI=1S/C21H17N3O3S/c25-19(15-13-14-5-1-3-7-17(14)27-20(15)26)23-9-11-24(12-10-23)21-22-16-6-2-4-8-18(16)28-21/h1-8,13H,9-12H2. The fraction of sp³-hybridized carbons (Fsp3) is 0.190. The number of thiazole rings is 1. The second-order valence-corrected chi connectivity index (χ2v) is 7.74. The van der Waals surface area contributed by atoms with Crippen molar-refractivity contribution in [2.24, 2.45) is 0 Å². The maximum Gasteiger partial charge on any atom is 0.349 e. The lowest BCUT2D eigenvalue weighted by atomic mass is 10.1. The highest BCUT2D eigenvalue weighted by atomic mass is 32.1. The number of para-hydroxylation sites is 2. The first-order chi connectivity index (χ1) is 13.7. The van der Waals surface area contributed by atoms with E-state index in [2.05, 4.69) is 16.0 Å². The molecule has 0 saturated carbocycles. The molecule has 140 valence electrons. The molecule has 0 radical (unpaired) electrons. The SMILES string of the molecule is O=C(c1cc2ccccc2oc1=O)N1CCN(c2nc3ccccc3s2)CC1. The van der Waals surface area contributed by atoms with Crippen molar-refractivity contribution in [3.05, 3.63) is 70.6 Å².